The zero-order valence-electron chi connectivity index (χ0n) is 12.4. The number of nitro groups is 1. The second-order valence-corrected chi connectivity index (χ2v) is 7.07. The van der Waals surface area contributed by atoms with Crippen LogP contribution in [0.4, 0.5) is 0 Å². The molecule has 23 heavy (non-hydrogen) atoms. The third kappa shape index (κ3) is 6.15. The first-order valence-corrected chi connectivity index (χ1v) is 8.89. The molecule has 0 radical (unpaired) electrons. The van der Waals surface area contributed by atoms with E-state index in [4.69, 9.17) is 0 Å². The Kier molecular flexibility index (Phi) is 6.80. The average molecular weight is 394 g/mol. The van der Waals surface area contributed by atoms with E-state index in [-0.39, 0.29) is 23.0 Å². The molecule has 0 bridgehead atoms. The zero-order valence-corrected chi connectivity index (χ0v) is 14.8. The number of rotatable bonds is 7. The number of benzene rings is 2. The maximum Gasteiger partial charge on any atom is 0.211 e. The summed E-state index contributed by atoms with van der Waals surface area (Å²) >= 11 is 4.57. The van der Waals surface area contributed by atoms with Gasteiger partial charge in [-0.15, -0.1) is 0 Å². The van der Waals surface area contributed by atoms with E-state index in [1.165, 1.54) is 11.8 Å². The van der Waals surface area contributed by atoms with Crippen LogP contribution >= 0.6 is 27.7 Å². The number of nitrogens with zero attached hydrogens (tertiary/aromatic N) is 1. The Hall–Kier alpha value is -1.66. The Bertz CT molecular complexity index is 679. The second kappa shape index (κ2) is 8.84. The summed E-state index contributed by atoms with van der Waals surface area (Å²) in [6.07, 6.45) is 0.162. The molecule has 1 atom stereocenters. The lowest BCUT2D eigenvalue weighted by molar-refractivity contribution is -0.483. The molecular weight excluding hydrogens is 378 g/mol. The average Bonchev–Trinajstić information content (AvgIpc) is 2.53. The van der Waals surface area contributed by atoms with Gasteiger partial charge in [-0.3, -0.25) is 14.9 Å². The first kappa shape index (κ1) is 17.7. The molecule has 0 fully saturated rings. The van der Waals surface area contributed by atoms with Gasteiger partial charge >= 0.3 is 0 Å². The summed E-state index contributed by atoms with van der Waals surface area (Å²) in [5.74, 6) is 0.182. The van der Waals surface area contributed by atoms with Crippen molar-refractivity contribution in [3.63, 3.8) is 0 Å². The van der Waals surface area contributed by atoms with Crippen LogP contribution in [0, 0.1) is 10.1 Å². The lowest BCUT2D eigenvalue weighted by Gasteiger charge is -2.12. The maximum atomic E-state index is 12.2. The minimum absolute atomic E-state index is 0.0271. The van der Waals surface area contributed by atoms with Crippen molar-refractivity contribution in [1.29, 1.82) is 0 Å². The van der Waals surface area contributed by atoms with Crippen molar-refractivity contribution in [2.24, 2.45) is 0 Å². The number of halogens is 1. The van der Waals surface area contributed by atoms with Gasteiger partial charge in [0, 0.05) is 21.6 Å². The zero-order chi connectivity index (χ0) is 16.7. The Morgan fingerprint density at radius 3 is 2.57 bits per heavy atom. The highest BCUT2D eigenvalue weighted by atomic mass is 79.9. The topological polar surface area (TPSA) is 60.2 Å². The summed E-state index contributed by atoms with van der Waals surface area (Å²) < 4.78 is 0.854. The van der Waals surface area contributed by atoms with E-state index in [9.17, 15) is 14.9 Å². The molecule has 0 amide bonds. The molecule has 0 spiro atoms. The molecule has 120 valence electrons. The minimum Gasteiger partial charge on any atom is -0.287 e. The van der Waals surface area contributed by atoms with Gasteiger partial charge in [0.25, 0.3) is 0 Å². The molecule has 0 N–H and O–H groups in total. The molecule has 0 aliphatic rings. The molecule has 0 heterocycles. The van der Waals surface area contributed by atoms with Gasteiger partial charge < -0.3 is 0 Å². The predicted octanol–water partition coefficient (Wildman–Crippen LogP) is 4.66. The lowest BCUT2D eigenvalue weighted by Crippen LogP contribution is -2.15. The van der Waals surface area contributed by atoms with Crippen LogP contribution in [0.25, 0.3) is 0 Å². The lowest BCUT2D eigenvalue weighted by atomic mass is 9.96. The van der Waals surface area contributed by atoms with Gasteiger partial charge in [0.2, 0.25) is 6.54 Å². The van der Waals surface area contributed by atoms with Crippen molar-refractivity contribution in [3.05, 3.63) is 80.3 Å². The fourth-order valence-electron chi connectivity index (χ4n) is 2.23. The maximum absolute atomic E-state index is 12.2. The normalized spacial score (nSPS) is 11.9. The van der Waals surface area contributed by atoms with Crippen LogP contribution < -0.4 is 0 Å². The van der Waals surface area contributed by atoms with Gasteiger partial charge in [0.05, 0.1) is 5.92 Å². The summed E-state index contributed by atoms with van der Waals surface area (Å²) in [4.78, 5) is 22.7. The number of thioether (sulfide) groups is 1. The molecule has 6 heteroatoms. The predicted molar refractivity (Wildman–Crippen MR) is 96.1 cm³/mol. The summed E-state index contributed by atoms with van der Waals surface area (Å²) in [5, 5.41) is 10.9. The standard InChI is InChI=1S/C17H16BrNO3S/c18-16-8-4-7-14(9-16)15(11-19(21)22)10-17(20)23-12-13-5-2-1-3-6-13/h1-9,15H,10-12H2/t15-/m1/s1. The fourth-order valence-corrected chi connectivity index (χ4v) is 3.48. The van der Waals surface area contributed by atoms with Crippen LogP contribution in [-0.4, -0.2) is 16.6 Å². The van der Waals surface area contributed by atoms with Crippen molar-refractivity contribution >= 4 is 32.8 Å². The SMILES string of the molecule is O=C(C[C@H](C[N+](=O)[O-])c1cccc(Br)c1)SCc1ccccc1. The van der Waals surface area contributed by atoms with Crippen molar-refractivity contribution < 1.29 is 9.72 Å². The highest BCUT2D eigenvalue weighted by Crippen LogP contribution is 2.26. The Morgan fingerprint density at radius 1 is 1.17 bits per heavy atom. The van der Waals surface area contributed by atoms with Crippen molar-refractivity contribution in [1.82, 2.24) is 0 Å². The summed E-state index contributed by atoms with van der Waals surface area (Å²) in [7, 11) is 0. The third-order valence-corrected chi connectivity index (χ3v) is 4.80. The van der Waals surface area contributed by atoms with Gasteiger partial charge in [0.1, 0.15) is 0 Å². The Balaban J connectivity index is 1.99. The van der Waals surface area contributed by atoms with Gasteiger partial charge in [-0.1, -0.05) is 70.2 Å². The van der Waals surface area contributed by atoms with E-state index < -0.39 is 5.92 Å². The first-order chi connectivity index (χ1) is 11.0. The molecule has 0 saturated heterocycles. The first-order valence-electron chi connectivity index (χ1n) is 7.11. The van der Waals surface area contributed by atoms with E-state index in [0.717, 1.165) is 15.6 Å². The Morgan fingerprint density at radius 2 is 1.91 bits per heavy atom. The monoisotopic (exact) mass is 393 g/mol. The van der Waals surface area contributed by atoms with Crippen molar-refractivity contribution in [2.45, 2.75) is 18.1 Å². The number of carbonyl (C=O) groups is 1. The number of hydrogen-bond donors (Lipinski definition) is 0. The van der Waals surface area contributed by atoms with Gasteiger partial charge in [-0.25, -0.2) is 0 Å². The van der Waals surface area contributed by atoms with E-state index in [0.29, 0.717) is 5.75 Å². The number of carbonyl (C=O) groups excluding carboxylic acids is 1. The largest absolute Gasteiger partial charge is 0.287 e. The quantitative estimate of drug-likeness (QED) is 0.506. The fraction of sp³-hybridized carbons (Fsp3) is 0.235. The third-order valence-electron chi connectivity index (χ3n) is 3.35. The van der Waals surface area contributed by atoms with Crippen LogP contribution in [0.2, 0.25) is 0 Å². The molecule has 0 saturated carbocycles. The van der Waals surface area contributed by atoms with E-state index in [2.05, 4.69) is 15.9 Å². The molecule has 2 aromatic carbocycles. The van der Waals surface area contributed by atoms with Crippen LogP contribution in [0.3, 0.4) is 0 Å². The van der Waals surface area contributed by atoms with Crippen LogP contribution in [0.1, 0.15) is 23.5 Å². The van der Waals surface area contributed by atoms with Crippen LogP contribution in [-0.2, 0) is 10.5 Å². The highest BCUT2D eigenvalue weighted by Gasteiger charge is 2.22. The molecule has 0 aliphatic carbocycles. The second-order valence-electron chi connectivity index (χ2n) is 5.12. The highest BCUT2D eigenvalue weighted by molar-refractivity contribution is 9.10. The minimum atomic E-state index is -0.404. The van der Waals surface area contributed by atoms with Crippen LogP contribution in [0.5, 0.6) is 0 Å². The summed E-state index contributed by atoms with van der Waals surface area (Å²) in [5.41, 5.74) is 1.88. The van der Waals surface area contributed by atoms with Crippen molar-refractivity contribution in [3.8, 4) is 0 Å². The molecule has 0 aliphatic heterocycles. The number of hydrogen-bond acceptors (Lipinski definition) is 4. The molecule has 0 aromatic heterocycles. The molecule has 0 unspecified atom stereocenters. The molecular formula is C17H16BrNO3S. The van der Waals surface area contributed by atoms with E-state index in [1.807, 2.05) is 54.6 Å². The van der Waals surface area contributed by atoms with Gasteiger partial charge in [0.15, 0.2) is 5.12 Å². The molecule has 4 nitrogen and oxygen atoms in total. The van der Waals surface area contributed by atoms with Crippen LogP contribution in [0.15, 0.2) is 59.1 Å². The molecule has 2 rings (SSSR count). The van der Waals surface area contributed by atoms with Gasteiger partial charge in [-0.2, -0.15) is 0 Å². The van der Waals surface area contributed by atoms with E-state index >= 15 is 0 Å². The van der Waals surface area contributed by atoms with Gasteiger partial charge in [-0.05, 0) is 23.3 Å². The smallest absolute Gasteiger partial charge is 0.211 e. The summed E-state index contributed by atoms with van der Waals surface area (Å²) in [6, 6.07) is 17.1. The Labute approximate surface area is 147 Å². The van der Waals surface area contributed by atoms with Crippen molar-refractivity contribution in [2.75, 3.05) is 6.54 Å². The summed E-state index contributed by atoms with van der Waals surface area (Å²) in [6.45, 7) is -0.242. The van der Waals surface area contributed by atoms with E-state index in [1.54, 1.807) is 0 Å². The molecule has 2 aromatic rings.